The van der Waals surface area contributed by atoms with Gasteiger partial charge < -0.3 is 9.90 Å². The summed E-state index contributed by atoms with van der Waals surface area (Å²) in [6, 6.07) is 11.4. The van der Waals surface area contributed by atoms with E-state index in [4.69, 9.17) is 0 Å². The van der Waals surface area contributed by atoms with Gasteiger partial charge in [-0.1, -0.05) is 12.1 Å². The first-order chi connectivity index (χ1) is 11.1. The lowest BCUT2D eigenvalue weighted by Gasteiger charge is -2.25. The molecular weight excluding hydrogens is 292 g/mol. The largest absolute Gasteiger partial charge is 0.549 e. The second kappa shape index (κ2) is 8.97. The van der Waals surface area contributed by atoms with Crippen molar-refractivity contribution in [2.45, 2.75) is 13.1 Å². The first-order valence-electron chi connectivity index (χ1n) is 7.54. The van der Waals surface area contributed by atoms with Crippen LogP contribution in [-0.4, -0.2) is 52.4 Å². The van der Waals surface area contributed by atoms with E-state index in [1.54, 1.807) is 12.4 Å². The Morgan fingerprint density at radius 1 is 1.00 bits per heavy atom. The number of hydrogen-bond donors (Lipinski definition) is 0. The predicted molar refractivity (Wildman–Crippen MR) is 85.1 cm³/mol. The van der Waals surface area contributed by atoms with Crippen LogP contribution in [0.1, 0.15) is 11.4 Å². The first kappa shape index (κ1) is 17.1. The summed E-state index contributed by atoms with van der Waals surface area (Å²) in [5.74, 6) is -1.08. The Bertz CT molecular complexity index is 592. The highest BCUT2D eigenvalue weighted by Gasteiger charge is 2.09. The van der Waals surface area contributed by atoms with Crippen molar-refractivity contribution in [1.82, 2.24) is 19.8 Å². The molecule has 2 aromatic heterocycles. The topological polar surface area (TPSA) is 72.4 Å². The zero-order valence-corrected chi connectivity index (χ0v) is 13.3. The Hall–Kier alpha value is -2.31. The number of carbonyl (C=O) groups is 1. The maximum atomic E-state index is 10.9. The molecule has 0 aliphatic rings. The standard InChI is InChI=1S/C17H22N4O2/c1-20(12-15-6-2-4-8-18-15)10-11-21(14-17(22)23)13-16-7-3-5-9-19-16/h2-9H,10-14H2,1H3,(H,22,23)/p-1. The molecule has 0 aliphatic heterocycles. The van der Waals surface area contributed by atoms with Gasteiger partial charge in [-0.15, -0.1) is 0 Å². The number of likely N-dealkylation sites (N-methyl/N-ethyl adjacent to an activating group) is 1. The van der Waals surface area contributed by atoms with Gasteiger partial charge in [-0.2, -0.15) is 0 Å². The van der Waals surface area contributed by atoms with E-state index in [2.05, 4.69) is 14.9 Å². The maximum absolute atomic E-state index is 10.9. The molecule has 0 N–H and O–H groups in total. The van der Waals surface area contributed by atoms with Gasteiger partial charge in [-0.05, 0) is 31.3 Å². The van der Waals surface area contributed by atoms with E-state index in [-0.39, 0.29) is 6.54 Å². The van der Waals surface area contributed by atoms with E-state index < -0.39 is 5.97 Å². The van der Waals surface area contributed by atoms with Gasteiger partial charge in [-0.25, -0.2) is 0 Å². The molecule has 2 rings (SSSR count). The lowest BCUT2D eigenvalue weighted by Crippen LogP contribution is -2.41. The number of aromatic nitrogens is 2. The molecule has 0 atom stereocenters. The minimum atomic E-state index is -1.08. The third kappa shape index (κ3) is 6.54. The number of carbonyl (C=O) groups excluding carboxylic acids is 1. The summed E-state index contributed by atoms with van der Waals surface area (Å²) in [4.78, 5) is 23.4. The van der Waals surface area contributed by atoms with Crippen molar-refractivity contribution < 1.29 is 9.90 Å². The fourth-order valence-electron chi connectivity index (χ4n) is 2.28. The van der Waals surface area contributed by atoms with Crippen LogP contribution in [0.4, 0.5) is 0 Å². The van der Waals surface area contributed by atoms with Gasteiger partial charge in [0.1, 0.15) is 0 Å². The van der Waals surface area contributed by atoms with Crippen LogP contribution >= 0.6 is 0 Å². The summed E-state index contributed by atoms with van der Waals surface area (Å²) < 4.78 is 0. The second-order valence-electron chi connectivity index (χ2n) is 5.46. The number of hydrogen-bond acceptors (Lipinski definition) is 6. The fourth-order valence-corrected chi connectivity index (χ4v) is 2.28. The maximum Gasteiger partial charge on any atom is 0.0555 e. The molecule has 0 unspecified atom stereocenters. The van der Waals surface area contributed by atoms with Crippen molar-refractivity contribution in [1.29, 1.82) is 0 Å². The van der Waals surface area contributed by atoms with E-state index in [1.165, 1.54) is 0 Å². The molecule has 6 nitrogen and oxygen atoms in total. The Balaban J connectivity index is 1.86. The number of pyridine rings is 2. The van der Waals surface area contributed by atoms with Gasteiger partial charge in [-0.3, -0.25) is 19.8 Å². The minimum absolute atomic E-state index is 0.103. The van der Waals surface area contributed by atoms with E-state index >= 15 is 0 Å². The van der Waals surface area contributed by atoms with E-state index in [0.717, 1.165) is 24.5 Å². The average molecular weight is 313 g/mol. The third-order valence-corrected chi connectivity index (χ3v) is 3.42. The molecule has 2 heterocycles. The molecule has 0 fully saturated rings. The van der Waals surface area contributed by atoms with Gasteiger partial charge >= 0.3 is 0 Å². The highest BCUT2D eigenvalue weighted by atomic mass is 16.4. The van der Waals surface area contributed by atoms with E-state index in [0.29, 0.717) is 13.1 Å². The number of nitrogens with zero attached hydrogens (tertiary/aromatic N) is 4. The van der Waals surface area contributed by atoms with Gasteiger partial charge in [0, 0.05) is 45.1 Å². The molecule has 23 heavy (non-hydrogen) atoms. The summed E-state index contributed by atoms with van der Waals surface area (Å²) in [5.41, 5.74) is 1.84. The highest BCUT2D eigenvalue weighted by molar-refractivity contribution is 5.66. The number of aliphatic carboxylic acids is 1. The molecule has 0 radical (unpaired) electrons. The summed E-state index contributed by atoms with van der Waals surface area (Å²) >= 11 is 0. The molecule has 0 saturated carbocycles. The quantitative estimate of drug-likeness (QED) is 0.657. The van der Waals surface area contributed by atoms with Crippen LogP contribution < -0.4 is 5.11 Å². The fraction of sp³-hybridized carbons (Fsp3) is 0.353. The average Bonchev–Trinajstić information content (AvgIpc) is 2.54. The molecule has 2 aromatic rings. The third-order valence-electron chi connectivity index (χ3n) is 3.42. The van der Waals surface area contributed by atoms with Crippen molar-refractivity contribution in [3.63, 3.8) is 0 Å². The lowest BCUT2D eigenvalue weighted by molar-refractivity contribution is -0.306. The number of carboxylic acid groups (broad SMARTS) is 1. The van der Waals surface area contributed by atoms with Gasteiger partial charge in [0.2, 0.25) is 0 Å². The lowest BCUT2D eigenvalue weighted by atomic mass is 10.3. The molecular formula is C17H21N4O2-. The van der Waals surface area contributed by atoms with Crippen molar-refractivity contribution >= 4 is 5.97 Å². The molecule has 0 bridgehead atoms. The van der Waals surface area contributed by atoms with Crippen LogP contribution in [0.3, 0.4) is 0 Å². The molecule has 0 spiro atoms. The summed E-state index contributed by atoms with van der Waals surface area (Å²) in [6.45, 7) is 2.47. The Labute approximate surface area is 136 Å². The molecule has 0 aliphatic carbocycles. The van der Waals surface area contributed by atoms with E-state index in [1.807, 2.05) is 48.3 Å². The Morgan fingerprint density at radius 3 is 2.13 bits per heavy atom. The van der Waals surface area contributed by atoms with Crippen molar-refractivity contribution in [3.05, 3.63) is 60.2 Å². The monoisotopic (exact) mass is 313 g/mol. The van der Waals surface area contributed by atoms with Crippen LogP contribution in [0.2, 0.25) is 0 Å². The van der Waals surface area contributed by atoms with Crippen molar-refractivity contribution in [3.8, 4) is 0 Å². The second-order valence-corrected chi connectivity index (χ2v) is 5.46. The molecule has 0 saturated heterocycles. The minimum Gasteiger partial charge on any atom is -0.549 e. The highest BCUT2D eigenvalue weighted by Crippen LogP contribution is 2.03. The normalized spacial score (nSPS) is 11.1. The van der Waals surface area contributed by atoms with Gasteiger partial charge in [0.15, 0.2) is 0 Å². The van der Waals surface area contributed by atoms with Crippen LogP contribution in [0.15, 0.2) is 48.8 Å². The van der Waals surface area contributed by atoms with Gasteiger partial charge in [0.05, 0.1) is 17.4 Å². The Morgan fingerprint density at radius 2 is 1.61 bits per heavy atom. The number of rotatable bonds is 9. The van der Waals surface area contributed by atoms with Crippen LogP contribution in [0.5, 0.6) is 0 Å². The zero-order chi connectivity index (χ0) is 16.5. The summed E-state index contributed by atoms with van der Waals surface area (Å²) in [6.07, 6.45) is 3.48. The predicted octanol–water partition coefficient (Wildman–Crippen LogP) is 0.161. The molecule has 122 valence electrons. The molecule has 6 heteroatoms. The van der Waals surface area contributed by atoms with Crippen LogP contribution in [0, 0.1) is 0 Å². The van der Waals surface area contributed by atoms with Gasteiger partial charge in [0.25, 0.3) is 0 Å². The number of carboxylic acids is 1. The molecule has 0 amide bonds. The van der Waals surface area contributed by atoms with Crippen molar-refractivity contribution in [2.75, 3.05) is 26.7 Å². The Kier molecular flexibility index (Phi) is 6.65. The van der Waals surface area contributed by atoms with E-state index in [9.17, 15) is 9.90 Å². The van der Waals surface area contributed by atoms with Crippen LogP contribution in [-0.2, 0) is 17.9 Å². The molecule has 0 aromatic carbocycles. The first-order valence-corrected chi connectivity index (χ1v) is 7.54. The van der Waals surface area contributed by atoms with Crippen LogP contribution in [0.25, 0.3) is 0 Å². The smallest absolute Gasteiger partial charge is 0.0555 e. The summed E-state index contributed by atoms with van der Waals surface area (Å²) in [5, 5.41) is 10.9. The SMILES string of the molecule is CN(CCN(CC(=O)[O-])Cc1ccccn1)Cc1ccccn1. The zero-order valence-electron chi connectivity index (χ0n) is 13.3. The van der Waals surface area contributed by atoms with Crippen molar-refractivity contribution in [2.24, 2.45) is 0 Å². The summed E-state index contributed by atoms with van der Waals surface area (Å²) in [7, 11) is 1.99.